The molecular weight excluding hydrogens is 519 g/mol. The highest BCUT2D eigenvalue weighted by Gasteiger charge is 2.32. The van der Waals surface area contributed by atoms with Crippen molar-refractivity contribution in [2.24, 2.45) is 0 Å². The Hall–Kier alpha value is -4.44. The van der Waals surface area contributed by atoms with Gasteiger partial charge in [0.1, 0.15) is 11.4 Å². The van der Waals surface area contributed by atoms with Gasteiger partial charge in [0, 0.05) is 22.3 Å². The van der Waals surface area contributed by atoms with E-state index in [9.17, 15) is 18.0 Å². The number of aromatic nitrogens is 5. The van der Waals surface area contributed by atoms with Crippen molar-refractivity contribution >= 4 is 29.4 Å². The summed E-state index contributed by atoms with van der Waals surface area (Å²) >= 11 is 6.10. The molecule has 192 valence electrons. The predicted octanol–water partition coefficient (Wildman–Crippen LogP) is 5.85. The molecule has 0 amide bonds. The molecule has 0 unspecified atom stereocenters. The summed E-state index contributed by atoms with van der Waals surface area (Å²) in [6.45, 7) is -0.0810. The fraction of sp³-hybridized carbons (Fsp3) is 0.111. The van der Waals surface area contributed by atoms with Crippen molar-refractivity contribution in [1.82, 2.24) is 24.4 Å². The molecule has 0 aliphatic heterocycles. The van der Waals surface area contributed by atoms with Crippen molar-refractivity contribution in [1.29, 1.82) is 0 Å². The predicted molar refractivity (Wildman–Crippen MR) is 138 cm³/mol. The average molecular weight is 538 g/mol. The van der Waals surface area contributed by atoms with Crippen LogP contribution < -0.4 is 10.4 Å². The first-order valence-corrected chi connectivity index (χ1v) is 11.7. The number of pyridine rings is 1. The minimum Gasteiger partial charge on any atom is -0.497 e. The van der Waals surface area contributed by atoms with Gasteiger partial charge in [0.05, 0.1) is 19.9 Å². The second kappa shape index (κ2) is 10.1. The van der Waals surface area contributed by atoms with E-state index in [1.165, 1.54) is 6.07 Å². The molecule has 5 aromatic rings. The molecular formula is C27H19ClF3N5O2. The lowest BCUT2D eigenvalue weighted by Gasteiger charge is -2.08. The van der Waals surface area contributed by atoms with Gasteiger partial charge in [-0.2, -0.15) is 22.8 Å². The molecule has 0 spiro atoms. The maximum atomic E-state index is 13.1. The quantitative estimate of drug-likeness (QED) is 0.271. The number of fused-ring (bicyclic) bond motifs is 1. The number of nitrogens with zero attached hydrogens (tertiary/aromatic N) is 5. The van der Waals surface area contributed by atoms with Crippen LogP contribution in [0.4, 0.5) is 13.2 Å². The molecule has 0 aliphatic carbocycles. The Balaban J connectivity index is 1.60. The molecule has 0 atom stereocenters. The third-order valence-corrected chi connectivity index (χ3v) is 6.02. The first-order valence-electron chi connectivity index (χ1n) is 11.3. The molecule has 38 heavy (non-hydrogen) atoms. The van der Waals surface area contributed by atoms with Crippen molar-refractivity contribution in [3.63, 3.8) is 0 Å². The zero-order chi connectivity index (χ0) is 26.9. The number of methoxy groups -OCH3 is 1. The second-order valence-corrected chi connectivity index (χ2v) is 8.75. The zero-order valence-corrected chi connectivity index (χ0v) is 20.6. The smallest absolute Gasteiger partial charge is 0.433 e. The van der Waals surface area contributed by atoms with Crippen LogP contribution in [-0.4, -0.2) is 31.5 Å². The molecule has 3 heterocycles. The van der Waals surface area contributed by atoms with Crippen molar-refractivity contribution in [3.8, 4) is 16.9 Å². The minimum atomic E-state index is -4.55. The summed E-state index contributed by atoms with van der Waals surface area (Å²) in [5.41, 5.74) is 2.08. The maximum absolute atomic E-state index is 13.1. The number of rotatable bonds is 6. The third-order valence-electron chi connectivity index (χ3n) is 5.77. The highest BCUT2D eigenvalue weighted by Crippen LogP contribution is 2.30. The van der Waals surface area contributed by atoms with Gasteiger partial charge >= 0.3 is 11.9 Å². The molecule has 11 heteroatoms. The topological polar surface area (TPSA) is 74.3 Å². The minimum absolute atomic E-state index is 0.0810. The van der Waals surface area contributed by atoms with Crippen LogP contribution in [0, 0.1) is 0 Å². The van der Waals surface area contributed by atoms with Crippen LogP contribution in [0.25, 0.3) is 28.9 Å². The molecule has 7 nitrogen and oxygen atoms in total. The van der Waals surface area contributed by atoms with Gasteiger partial charge in [-0.3, -0.25) is 4.98 Å². The van der Waals surface area contributed by atoms with Crippen LogP contribution in [0.2, 0.25) is 5.02 Å². The van der Waals surface area contributed by atoms with Gasteiger partial charge in [0.15, 0.2) is 5.65 Å². The summed E-state index contributed by atoms with van der Waals surface area (Å²) in [5, 5.41) is 9.33. The number of halogens is 4. The summed E-state index contributed by atoms with van der Waals surface area (Å²) in [5.74, 6) is 0.710. The van der Waals surface area contributed by atoms with Crippen molar-refractivity contribution in [2.45, 2.75) is 12.7 Å². The lowest BCUT2D eigenvalue weighted by Crippen LogP contribution is -2.23. The normalized spacial score (nSPS) is 11.9. The standard InChI is InChI=1S/C27H19ClF3N5O2/c1-38-22-4-2-3-17(13-22)5-7-20-15-33-36-25(24(20)19-8-10-21(28)11-9-19)34-35(26(36)37)16-18-6-12-23(32-14-18)27(29,30)31/h2-15H,16H2,1H3. The van der Waals surface area contributed by atoms with Gasteiger partial charge in [-0.15, -0.1) is 5.10 Å². The largest absolute Gasteiger partial charge is 0.497 e. The van der Waals surface area contributed by atoms with E-state index in [0.717, 1.165) is 32.6 Å². The first-order chi connectivity index (χ1) is 18.2. The van der Waals surface area contributed by atoms with E-state index in [2.05, 4.69) is 15.2 Å². The molecule has 0 saturated carbocycles. The molecule has 3 aromatic heterocycles. The number of alkyl halides is 3. The van der Waals surface area contributed by atoms with Crippen LogP contribution in [-0.2, 0) is 12.7 Å². The van der Waals surface area contributed by atoms with Crippen LogP contribution in [0.1, 0.15) is 22.4 Å². The van der Waals surface area contributed by atoms with Crippen molar-refractivity contribution in [3.05, 3.63) is 111 Å². The monoisotopic (exact) mass is 537 g/mol. The number of hydrogen-bond donors (Lipinski definition) is 0. The molecule has 2 aromatic carbocycles. The highest BCUT2D eigenvalue weighted by atomic mass is 35.5. The fourth-order valence-corrected chi connectivity index (χ4v) is 4.03. The van der Waals surface area contributed by atoms with Crippen molar-refractivity contribution < 1.29 is 17.9 Å². The van der Waals surface area contributed by atoms with E-state index in [4.69, 9.17) is 16.3 Å². The zero-order valence-electron chi connectivity index (χ0n) is 19.9. The van der Waals surface area contributed by atoms with Gasteiger partial charge in [0.2, 0.25) is 0 Å². The maximum Gasteiger partial charge on any atom is 0.433 e. The summed E-state index contributed by atoms with van der Waals surface area (Å²) in [6.07, 6.45) is 1.83. The Morgan fingerprint density at radius 3 is 2.50 bits per heavy atom. The highest BCUT2D eigenvalue weighted by molar-refractivity contribution is 6.30. The van der Waals surface area contributed by atoms with E-state index in [1.54, 1.807) is 25.4 Å². The average Bonchev–Trinajstić information content (AvgIpc) is 3.22. The molecule has 0 radical (unpaired) electrons. The van der Waals surface area contributed by atoms with Crippen LogP contribution in [0.15, 0.2) is 77.9 Å². The van der Waals surface area contributed by atoms with E-state index >= 15 is 0 Å². The van der Waals surface area contributed by atoms with Crippen molar-refractivity contribution in [2.75, 3.05) is 7.11 Å². The number of ether oxygens (including phenoxy) is 1. The van der Waals surface area contributed by atoms with Gasteiger partial charge < -0.3 is 4.74 Å². The molecule has 0 fully saturated rings. The van der Waals surface area contributed by atoms with Gasteiger partial charge in [-0.25, -0.2) is 9.48 Å². The summed E-state index contributed by atoms with van der Waals surface area (Å²) in [7, 11) is 1.59. The Kier molecular flexibility index (Phi) is 6.73. The molecule has 5 rings (SSSR count). The molecule has 0 bridgehead atoms. The molecule has 0 saturated heterocycles. The van der Waals surface area contributed by atoms with E-state index in [0.29, 0.717) is 27.5 Å². The first kappa shape index (κ1) is 25.2. The second-order valence-electron chi connectivity index (χ2n) is 8.32. The third kappa shape index (κ3) is 5.16. The lowest BCUT2D eigenvalue weighted by molar-refractivity contribution is -0.141. The van der Waals surface area contributed by atoms with E-state index in [1.807, 2.05) is 48.6 Å². The summed E-state index contributed by atoms with van der Waals surface area (Å²) in [6, 6.07) is 16.7. The number of hydrogen-bond acceptors (Lipinski definition) is 5. The molecule has 0 N–H and O–H groups in total. The van der Waals surface area contributed by atoms with Gasteiger partial charge in [-0.1, -0.05) is 54.1 Å². The lowest BCUT2D eigenvalue weighted by atomic mass is 10.0. The Morgan fingerprint density at radius 2 is 1.82 bits per heavy atom. The molecule has 0 aliphatic rings. The van der Waals surface area contributed by atoms with E-state index in [-0.39, 0.29) is 12.2 Å². The van der Waals surface area contributed by atoms with E-state index < -0.39 is 17.6 Å². The van der Waals surface area contributed by atoms with Crippen LogP contribution in [0.3, 0.4) is 0 Å². The Labute approximate surface area is 219 Å². The Bertz CT molecular complexity index is 1690. The summed E-state index contributed by atoms with van der Waals surface area (Å²) in [4.78, 5) is 16.6. The SMILES string of the molecule is COc1cccc(C=Cc2cnn3c(=O)n(Cc4ccc(C(F)(F)F)nc4)nc3c2-c2ccc(Cl)cc2)c1. The van der Waals surface area contributed by atoms with Gasteiger partial charge in [0.25, 0.3) is 0 Å². The van der Waals surface area contributed by atoms with Crippen LogP contribution in [0.5, 0.6) is 5.75 Å². The summed E-state index contributed by atoms with van der Waals surface area (Å²) < 4.78 is 46.2. The van der Waals surface area contributed by atoms with Gasteiger partial charge in [-0.05, 0) is 47.0 Å². The van der Waals surface area contributed by atoms with Crippen LogP contribution >= 0.6 is 11.6 Å². The Morgan fingerprint density at radius 1 is 1.03 bits per heavy atom. The number of benzene rings is 2. The fourth-order valence-electron chi connectivity index (χ4n) is 3.90.